The van der Waals surface area contributed by atoms with Gasteiger partial charge in [-0.1, -0.05) is 6.07 Å². The van der Waals surface area contributed by atoms with Gasteiger partial charge in [-0.05, 0) is 26.0 Å². The summed E-state index contributed by atoms with van der Waals surface area (Å²) in [5, 5.41) is 0. The van der Waals surface area contributed by atoms with Crippen LogP contribution in [0.25, 0.3) is 0 Å². The van der Waals surface area contributed by atoms with E-state index in [-0.39, 0.29) is 12.1 Å². The molecule has 0 aliphatic rings. The van der Waals surface area contributed by atoms with E-state index in [1.165, 1.54) is 0 Å². The number of nitrogens with two attached hydrogens (primary N) is 1. The third kappa shape index (κ3) is 3.13. The topological polar surface area (TPSA) is 65.7 Å². The van der Waals surface area contributed by atoms with Crippen molar-refractivity contribution in [1.82, 2.24) is 5.43 Å². The highest BCUT2D eigenvalue weighted by Crippen LogP contribution is 2.35. The first-order valence-corrected chi connectivity index (χ1v) is 5.98. The Morgan fingerprint density at radius 1 is 1.22 bits per heavy atom. The smallest absolute Gasteiger partial charge is 0.127 e. The molecule has 5 nitrogen and oxygen atoms in total. The average molecular weight is 254 g/mol. The minimum atomic E-state index is -0.198. The Labute approximate surface area is 108 Å². The summed E-state index contributed by atoms with van der Waals surface area (Å²) in [5.74, 6) is 7.09. The molecule has 1 rings (SSSR count). The molecule has 0 aliphatic heterocycles. The Kier molecular flexibility index (Phi) is 5.91. The second-order valence-corrected chi connectivity index (χ2v) is 3.88. The quantitative estimate of drug-likeness (QED) is 0.572. The van der Waals surface area contributed by atoms with Crippen LogP contribution >= 0.6 is 0 Å². The van der Waals surface area contributed by atoms with Crippen LogP contribution in [0, 0.1) is 0 Å². The summed E-state index contributed by atoms with van der Waals surface area (Å²) >= 11 is 0. The predicted octanol–water partition coefficient (Wildman–Crippen LogP) is 1.63. The van der Waals surface area contributed by atoms with Crippen LogP contribution in [0.5, 0.6) is 11.5 Å². The van der Waals surface area contributed by atoms with Crippen LogP contribution in [0.2, 0.25) is 0 Å². The molecule has 0 saturated carbocycles. The summed E-state index contributed by atoms with van der Waals surface area (Å²) in [6.45, 7) is 4.53. The van der Waals surface area contributed by atoms with Crippen molar-refractivity contribution in [2.45, 2.75) is 26.0 Å². The van der Waals surface area contributed by atoms with Crippen LogP contribution in [0.4, 0.5) is 0 Å². The molecule has 0 bridgehead atoms. The fourth-order valence-electron chi connectivity index (χ4n) is 2.00. The van der Waals surface area contributed by atoms with Crippen molar-refractivity contribution >= 4 is 0 Å². The number of benzene rings is 1. The highest BCUT2D eigenvalue weighted by Gasteiger charge is 2.25. The van der Waals surface area contributed by atoms with Gasteiger partial charge in [-0.3, -0.25) is 11.3 Å². The number of nitrogens with one attached hydrogen (secondary N) is 1. The number of hydrazine groups is 1. The first kappa shape index (κ1) is 14.8. The molecule has 0 fully saturated rings. The van der Waals surface area contributed by atoms with Crippen molar-refractivity contribution in [3.63, 3.8) is 0 Å². The van der Waals surface area contributed by atoms with Crippen molar-refractivity contribution in [3.05, 3.63) is 23.8 Å². The van der Waals surface area contributed by atoms with Gasteiger partial charge in [0.1, 0.15) is 11.5 Å². The maximum atomic E-state index is 5.64. The maximum absolute atomic E-state index is 5.64. The van der Waals surface area contributed by atoms with Crippen molar-refractivity contribution in [2.75, 3.05) is 20.8 Å². The lowest BCUT2D eigenvalue weighted by molar-refractivity contribution is 0.0459. The summed E-state index contributed by atoms with van der Waals surface area (Å²) in [4.78, 5) is 0. The number of hydrogen-bond donors (Lipinski definition) is 2. The zero-order valence-corrected chi connectivity index (χ0v) is 11.4. The monoisotopic (exact) mass is 254 g/mol. The van der Waals surface area contributed by atoms with Crippen LogP contribution in [0.3, 0.4) is 0 Å². The Balaban J connectivity index is 3.17. The van der Waals surface area contributed by atoms with Crippen LogP contribution in [0.15, 0.2) is 18.2 Å². The average Bonchev–Trinajstić information content (AvgIpc) is 2.40. The Hall–Kier alpha value is -1.30. The SMILES string of the molecule is CCOC(C)C(NN)c1c(OC)cccc1OC. The molecule has 2 atom stereocenters. The Bertz CT molecular complexity index is 349. The molecule has 18 heavy (non-hydrogen) atoms. The molecule has 0 radical (unpaired) electrons. The van der Waals surface area contributed by atoms with Gasteiger partial charge in [0.05, 0.1) is 31.9 Å². The van der Waals surface area contributed by atoms with Crippen LogP contribution < -0.4 is 20.7 Å². The molecule has 1 aromatic rings. The fraction of sp³-hybridized carbons (Fsp3) is 0.538. The third-order valence-electron chi connectivity index (χ3n) is 2.86. The van der Waals surface area contributed by atoms with Crippen molar-refractivity contribution in [3.8, 4) is 11.5 Å². The summed E-state index contributed by atoms with van der Waals surface area (Å²) in [6.07, 6.45) is -0.0924. The zero-order valence-electron chi connectivity index (χ0n) is 11.4. The van der Waals surface area contributed by atoms with E-state index < -0.39 is 0 Å². The first-order chi connectivity index (χ1) is 8.69. The summed E-state index contributed by atoms with van der Waals surface area (Å²) in [5.41, 5.74) is 3.63. The minimum absolute atomic E-state index is 0.0924. The minimum Gasteiger partial charge on any atom is -0.496 e. The van der Waals surface area contributed by atoms with Gasteiger partial charge in [0.25, 0.3) is 0 Å². The second-order valence-electron chi connectivity index (χ2n) is 3.88. The molecular weight excluding hydrogens is 232 g/mol. The van der Waals surface area contributed by atoms with Gasteiger partial charge in [0, 0.05) is 6.61 Å². The molecule has 2 unspecified atom stereocenters. The largest absolute Gasteiger partial charge is 0.496 e. The predicted molar refractivity (Wildman–Crippen MR) is 70.7 cm³/mol. The van der Waals surface area contributed by atoms with E-state index in [9.17, 15) is 0 Å². The third-order valence-corrected chi connectivity index (χ3v) is 2.86. The van der Waals surface area contributed by atoms with E-state index >= 15 is 0 Å². The first-order valence-electron chi connectivity index (χ1n) is 5.98. The maximum Gasteiger partial charge on any atom is 0.127 e. The van der Waals surface area contributed by atoms with E-state index in [0.717, 1.165) is 17.1 Å². The summed E-state index contributed by atoms with van der Waals surface area (Å²) in [7, 11) is 3.24. The highest BCUT2D eigenvalue weighted by atomic mass is 16.5. The molecule has 0 spiro atoms. The molecular formula is C13H22N2O3. The lowest BCUT2D eigenvalue weighted by atomic mass is 10.0. The standard InChI is InChI=1S/C13H22N2O3/c1-5-18-9(2)13(15-14)12-10(16-3)7-6-8-11(12)17-4/h6-9,13,15H,5,14H2,1-4H3. The lowest BCUT2D eigenvalue weighted by Gasteiger charge is -2.26. The number of rotatable bonds is 7. The molecule has 5 heteroatoms. The van der Waals surface area contributed by atoms with Crippen molar-refractivity contribution < 1.29 is 14.2 Å². The number of ether oxygens (including phenoxy) is 3. The molecule has 0 amide bonds. The van der Waals surface area contributed by atoms with E-state index in [1.807, 2.05) is 32.0 Å². The van der Waals surface area contributed by atoms with Crippen LogP contribution in [-0.4, -0.2) is 26.9 Å². The molecule has 0 aromatic heterocycles. The Morgan fingerprint density at radius 3 is 2.17 bits per heavy atom. The van der Waals surface area contributed by atoms with Crippen LogP contribution in [-0.2, 0) is 4.74 Å². The van der Waals surface area contributed by atoms with Gasteiger partial charge in [-0.25, -0.2) is 0 Å². The van der Waals surface area contributed by atoms with Gasteiger partial charge in [0.15, 0.2) is 0 Å². The molecule has 0 heterocycles. The molecule has 0 aliphatic carbocycles. The molecule has 1 aromatic carbocycles. The van der Waals surface area contributed by atoms with Gasteiger partial charge in [0.2, 0.25) is 0 Å². The van der Waals surface area contributed by atoms with Crippen molar-refractivity contribution in [1.29, 1.82) is 0 Å². The van der Waals surface area contributed by atoms with Gasteiger partial charge in [-0.15, -0.1) is 0 Å². The van der Waals surface area contributed by atoms with Gasteiger partial charge < -0.3 is 14.2 Å². The lowest BCUT2D eigenvalue weighted by Crippen LogP contribution is -2.37. The fourth-order valence-corrected chi connectivity index (χ4v) is 2.00. The van der Waals surface area contributed by atoms with Crippen LogP contribution in [0.1, 0.15) is 25.5 Å². The number of methoxy groups -OCH3 is 2. The van der Waals surface area contributed by atoms with E-state index in [2.05, 4.69) is 5.43 Å². The van der Waals surface area contributed by atoms with Gasteiger partial charge in [-0.2, -0.15) is 0 Å². The highest BCUT2D eigenvalue weighted by molar-refractivity contribution is 5.47. The Morgan fingerprint density at radius 2 is 1.78 bits per heavy atom. The molecule has 3 N–H and O–H groups in total. The molecule has 0 saturated heterocycles. The van der Waals surface area contributed by atoms with E-state index in [4.69, 9.17) is 20.1 Å². The zero-order chi connectivity index (χ0) is 13.5. The summed E-state index contributed by atoms with van der Waals surface area (Å²) in [6, 6.07) is 5.43. The van der Waals surface area contributed by atoms with Crippen molar-refractivity contribution in [2.24, 2.45) is 5.84 Å². The number of hydrogen-bond acceptors (Lipinski definition) is 5. The van der Waals surface area contributed by atoms with Gasteiger partial charge >= 0.3 is 0 Å². The van der Waals surface area contributed by atoms with E-state index in [1.54, 1.807) is 14.2 Å². The normalized spacial score (nSPS) is 14.1. The van der Waals surface area contributed by atoms with E-state index in [0.29, 0.717) is 6.61 Å². The second kappa shape index (κ2) is 7.20. The molecule has 102 valence electrons. The summed E-state index contributed by atoms with van der Waals surface area (Å²) < 4.78 is 16.3.